The molecular weight excluding hydrogens is 997 g/mol. The molecule has 7 aromatic rings. The van der Waals surface area contributed by atoms with Crippen LogP contribution in [0.1, 0.15) is 0 Å². The SMILES string of the molecule is Brc1cnn(-c2nccc(N3CCOCC3)n2)c1.COc1cc(-c2cnn(-c3nccc(N4CCOCC4)n3)c2)cc(OC)c1O.Clc1ccnc(Cl)n1.Clc1nccc(N2CCOCC2)n1. The molecule has 67 heavy (non-hydrogen) atoms. The van der Waals surface area contributed by atoms with Gasteiger partial charge in [-0.1, -0.05) is 11.6 Å². The van der Waals surface area contributed by atoms with E-state index in [2.05, 4.69) is 80.7 Å². The smallest absolute Gasteiger partial charge is 0.252 e. The number of nitrogens with zero attached hydrogens (tertiary/aromatic N) is 15. The van der Waals surface area contributed by atoms with Crippen molar-refractivity contribution < 1.29 is 28.8 Å². The zero-order valence-corrected chi connectivity index (χ0v) is 40.1. The highest BCUT2D eigenvalue weighted by molar-refractivity contribution is 9.10. The highest BCUT2D eigenvalue weighted by Crippen LogP contribution is 2.40. The van der Waals surface area contributed by atoms with Gasteiger partial charge in [-0.3, -0.25) is 0 Å². The molecule has 0 aliphatic carbocycles. The van der Waals surface area contributed by atoms with Crippen molar-refractivity contribution in [2.75, 3.05) is 108 Å². The van der Waals surface area contributed by atoms with Crippen LogP contribution in [0.3, 0.4) is 0 Å². The number of morpholine rings is 3. The fourth-order valence-corrected chi connectivity index (χ4v) is 7.25. The maximum atomic E-state index is 10.1. The van der Waals surface area contributed by atoms with Crippen molar-refractivity contribution in [3.63, 3.8) is 0 Å². The van der Waals surface area contributed by atoms with Crippen LogP contribution in [-0.4, -0.2) is 158 Å². The summed E-state index contributed by atoms with van der Waals surface area (Å²) in [5.74, 6) is 4.30. The summed E-state index contributed by atoms with van der Waals surface area (Å²) in [6.45, 7) is 9.43. The number of rotatable bonds is 8. The van der Waals surface area contributed by atoms with E-state index in [1.165, 1.54) is 20.4 Å². The Morgan fingerprint density at radius 1 is 0.552 bits per heavy atom. The number of phenols is 1. The van der Waals surface area contributed by atoms with Crippen LogP contribution in [0.5, 0.6) is 17.2 Å². The maximum Gasteiger partial charge on any atom is 0.252 e. The minimum Gasteiger partial charge on any atom is -0.502 e. The van der Waals surface area contributed by atoms with Crippen molar-refractivity contribution in [3.05, 3.63) is 106 Å². The van der Waals surface area contributed by atoms with Crippen LogP contribution in [-0.2, 0) is 14.2 Å². The molecule has 0 saturated carbocycles. The first-order valence-corrected chi connectivity index (χ1v) is 22.6. The third-order valence-corrected chi connectivity index (χ3v) is 10.8. The summed E-state index contributed by atoms with van der Waals surface area (Å²) in [7, 11) is 2.99. The number of ether oxygens (including phenoxy) is 5. The number of benzene rings is 1. The van der Waals surface area contributed by atoms with Gasteiger partial charge in [-0.25, -0.2) is 39.3 Å². The Labute approximate surface area is 408 Å². The van der Waals surface area contributed by atoms with Gasteiger partial charge in [0.2, 0.25) is 16.3 Å². The van der Waals surface area contributed by atoms with Crippen molar-refractivity contribution in [1.29, 1.82) is 0 Å². The van der Waals surface area contributed by atoms with Crippen LogP contribution >= 0.6 is 50.7 Å². The monoisotopic (exact) mass is 1040 g/mol. The summed E-state index contributed by atoms with van der Waals surface area (Å²) >= 11 is 19.8. The van der Waals surface area contributed by atoms with E-state index in [-0.39, 0.29) is 11.0 Å². The van der Waals surface area contributed by atoms with E-state index < -0.39 is 0 Å². The van der Waals surface area contributed by atoms with Crippen LogP contribution in [0, 0.1) is 0 Å². The molecule has 0 atom stereocenters. The third kappa shape index (κ3) is 14.0. The first-order chi connectivity index (χ1) is 32.7. The lowest BCUT2D eigenvalue weighted by Crippen LogP contribution is -2.36. The normalized spacial score (nSPS) is 14.7. The first-order valence-electron chi connectivity index (χ1n) is 20.6. The molecule has 1 aromatic carbocycles. The zero-order chi connectivity index (χ0) is 47.0. The van der Waals surface area contributed by atoms with Gasteiger partial charge in [0.1, 0.15) is 22.6 Å². The minimum atomic E-state index is -0.0392. The second-order valence-corrected chi connectivity index (χ2v) is 16.0. The van der Waals surface area contributed by atoms with Gasteiger partial charge in [-0.05, 0) is 81.1 Å². The number of phenolic OH excluding ortho intramolecular Hbond substituents is 1. The molecule has 0 unspecified atom stereocenters. The molecule has 6 aromatic heterocycles. The van der Waals surface area contributed by atoms with E-state index in [1.54, 1.807) is 58.5 Å². The average Bonchev–Trinajstić information content (AvgIpc) is 4.06. The number of hydrogen-bond acceptors (Lipinski definition) is 19. The average molecular weight is 1040 g/mol. The Morgan fingerprint density at radius 3 is 1.40 bits per heavy atom. The largest absolute Gasteiger partial charge is 0.502 e. The lowest BCUT2D eigenvalue weighted by molar-refractivity contribution is 0.122. The molecule has 9 heterocycles. The molecule has 25 heteroatoms. The van der Waals surface area contributed by atoms with E-state index in [1.807, 2.05) is 30.6 Å². The minimum absolute atomic E-state index is 0.0392. The van der Waals surface area contributed by atoms with E-state index in [0.29, 0.717) is 47.0 Å². The Hall–Kier alpha value is -6.01. The molecule has 0 radical (unpaired) electrons. The molecule has 0 amide bonds. The molecule has 3 aliphatic heterocycles. The molecule has 352 valence electrons. The van der Waals surface area contributed by atoms with E-state index in [9.17, 15) is 5.11 Å². The van der Waals surface area contributed by atoms with Crippen molar-refractivity contribution >= 4 is 68.2 Å². The quantitative estimate of drug-likeness (QED) is 0.139. The number of hydrogen-bond donors (Lipinski definition) is 1. The topological polar surface area (TPSA) is 215 Å². The van der Waals surface area contributed by atoms with E-state index in [4.69, 9.17) is 58.5 Å². The summed E-state index contributed by atoms with van der Waals surface area (Å²) < 4.78 is 30.6. The van der Waals surface area contributed by atoms with Crippen LogP contribution in [0.25, 0.3) is 23.0 Å². The number of halogens is 4. The summed E-state index contributed by atoms with van der Waals surface area (Å²) in [6.07, 6.45) is 13.7. The van der Waals surface area contributed by atoms with Gasteiger partial charge in [0.25, 0.3) is 11.9 Å². The number of aromatic hydroxyl groups is 1. The zero-order valence-electron chi connectivity index (χ0n) is 36.3. The van der Waals surface area contributed by atoms with E-state index >= 15 is 0 Å². The van der Waals surface area contributed by atoms with Gasteiger partial charge >= 0.3 is 0 Å². The summed E-state index contributed by atoms with van der Waals surface area (Å²) in [6, 6.07) is 10.7. The molecule has 1 N–H and O–H groups in total. The van der Waals surface area contributed by atoms with Crippen LogP contribution < -0.4 is 24.2 Å². The van der Waals surface area contributed by atoms with Crippen LogP contribution in [0.2, 0.25) is 15.7 Å². The molecular formula is C42H45BrCl3N15O6. The molecule has 3 saturated heterocycles. The molecule has 21 nitrogen and oxygen atoms in total. The predicted molar refractivity (Wildman–Crippen MR) is 254 cm³/mol. The summed E-state index contributed by atoms with van der Waals surface area (Å²) in [5.41, 5.74) is 1.61. The predicted octanol–water partition coefficient (Wildman–Crippen LogP) is 5.90. The second-order valence-electron chi connectivity index (χ2n) is 14.1. The molecule has 0 bridgehead atoms. The van der Waals surface area contributed by atoms with Gasteiger partial charge in [0.15, 0.2) is 11.5 Å². The fourth-order valence-electron chi connectivity index (χ4n) is 6.50. The molecule has 0 spiro atoms. The maximum absolute atomic E-state index is 10.1. The Bertz CT molecular complexity index is 2610. The Balaban J connectivity index is 0.000000146. The number of methoxy groups -OCH3 is 2. The van der Waals surface area contributed by atoms with E-state index in [0.717, 1.165) is 98.7 Å². The molecule has 3 aliphatic rings. The van der Waals surface area contributed by atoms with Gasteiger partial charge < -0.3 is 43.5 Å². The lowest BCUT2D eigenvalue weighted by Gasteiger charge is -2.27. The summed E-state index contributed by atoms with van der Waals surface area (Å²) in [5, 5.41) is 19.5. The van der Waals surface area contributed by atoms with Crippen molar-refractivity contribution in [3.8, 4) is 40.3 Å². The van der Waals surface area contributed by atoms with Crippen molar-refractivity contribution in [1.82, 2.24) is 59.4 Å². The standard InChI is InChI=1S/C19H21N5O4.C11H12BrN5O.C8H10ClN3O.C4H2Cl2N2/c1-26-15-9-13(10-16(27-2)18(15)25)14-11-21-24(12-14)19-20-4-3-17(22-19)23-5-7-28-8-6-23;12-9-7-14-17(8-9)11-13-2-1-10(15-11)16-3-5-18-6-4-16;9-8-10-2-1-7(11-8)12-3-5-13-6-4-12;5-3-1-2-7-4(6)8-3/h3-4,9-12,25H,5-8H2,1-2H3;1-2,7-8H,3-6H2;1-2H,3-6H2;1-2H. The van der Waals surface area contributed by atoms with Gasteiger partial charge in [-0.2, -0.15) is 20.2 Å². The fraction of sp³-hybridized carbons (Fsp3) is 0.333. The Morgan fingerprint density at radius 2 is 0.985 bits per heavy atom. The number of aromatic nitrogens is 12. The summed E-state index contributed by atoms with van der Waals surface area (Å²) in [4.78, 5) is 39.3. The highest BCUT2D eigenvalue weighted by atomic mass is 79.9. The van der Waals surface area contributed by atoms with Crippen molar-refractivity contribution in [2.24, 2.45) is 0 Å². The third-order valence-electron chi connectivity index (χ3n) is 9.82. The lowest BCUT2D eigenvalue weighted by atomic mass is 10.1. The molecule has 3 fully saturated rings. The van der Waals surface area contributed by atoms with Crippen LogP contribution in [0.4, 0.5) is 17.5 Å². The number of anilines is 3. The van der Waals surface area contributed by atoms with Gasteiger partial charge in [-0.15, -0.1) is 0 Å². The Kier molecular flexibility index (Phi) is 18.0. The van der Waals surface area contributed by atoms with Gasteiger partial charge in [0.05, 0.1) is 70.7 Å². The highest BCUT2D eigenvalue weighted by Gasteiger charge is 2.18. The van der Waals surface area contributed by atoms with Crippen molar-refractivity contribution in [2.45, 2.75) is 0 Å². The van der Waals surface area contributed by atoms with Crippen LogP contribution in [0.15, 0.2) is 90.4 Å². The van der Waals surface area contributed by atoms with Gasteiger partial charge in [0, 0.05) is 82.0 Å². The molecule has 10 rings (SSSR count). The first kappa shape index (κ1) is 48.9. The second kappa shape index (κ2) is 24.7.